The number of rotatable bonds is 5. The van der Waals surface area contributed by atoms with Crippen LogP contribution < -0.4 is 5.32 Å². The molecule has 2 saturated heterocycles. The third-order valence-electron chi connectivity index (χ3n) is 6.89. The lowest BCUT2D eigenvalue weighted by Crippen LogP contribution is -2.51. The molecule has 31 heavy (non-hydrogen) atoms. The Kier molecular flexibility index (Phi) is 5.76. The van der Waals surface area contributed by atoms with Gasteiger partial charge >= 0.3 is 0 Å². The van der Waals surface area contributed by atoms with E-state index < -0.39 is 0 Å². The lowest BCUT2D eigenvalue weighted by atomic mass is 9.93. The molecule has 1 aromatic heterocycles. The second kappa shape index (κ2) is 8.83. The van der Waals surface area contributed by atoms with Gasteiger partial charge in [-0.3, -0.25) is 19.6 Å². The largest absolute Gasteiger partial charge is 0.353 e. The van der Waals surface area contributed by atoms with E-state index in [1.165, 1.54) is 0 Å². The summed E-state index contributed by atoms with van der Waals surface area (Å²) in [6.07, 6.45) is 6.27. The summed E-state index contributed by atoms with van der Waals surface area (Å²) in [6, 6.07) is 12.6. The van der Waals surface area contributed by atoms with Gasteiger partial charge in [-0.25, -0.2) is 0 Å². The van der Waals surface area contributed by atoms with Crippen LogP contribution in [0, 0.1) is 5.92 Å². The molecular formula is C24H31N5O2. The molecule has 0 radical (unpaired) electrons. The molecule has 1 atom stereocenters. The standard InChI is InChI=1S/C24H31N5O2/c30-23(25-19-8-9-19)18-7-4-12-29(16-18)20-10-13-28(14-11-20)24(31)22-15-21(26-27-22)17-5-2-1-3-6-17/h1-3,5-6,15,18-20H,4,7-14,16H2,(H,25,30)(H,26,27)/t18-/m1/s1. The number of likely N-dealkylation sites (tertiary alicyclic amines) is 2. The Morgan fingerprint density at radius 3 is 2.52 bits per heavy atom. The fraction of sp³-hybridized carbons (Fsp3) is 0.542. The number of H-pyrrole nitrogens is 1. The van der Waals surface area contributed by atoms with Crippen molar-refractivity contribution < 1.29 is 9.59 Å². The van der Waals surface area contributed by atoms with E-state index in [-0.39, 0.29) is 17.7 Å². The van der Waals surface area contributed by atoms with Crippen LogP contribution in [0.15, 0.2) is 36.4 Å². The quantitative estimate of drug-likeness (QED) is 0.778. The number of carbonyl (C=O) groups excluding carboxylic acids is 2. The Morgan fingerprint density at radius 1 is 1.00 bits per heavy atom. The highest BCUT2D eigenvalue weighted by Crippen LogP contribution is 2.26. The topological polar surface area (TPSA) is 81.3 Å². The normalized spacial score (nSPS) is 23.0. The van der Waals surface area contributed by atoms with Gasteiger partial charge < -0.3 is 10.2 Å². The molecule has 164 valence electrons. The predicted octanol–water partition coefficient (Wildman–Crippen LogP) is 2.67. The number of benzene rings is 1. The van der Waals surface area contributed by atoms with Crippen molar-refractivity contribution in [3.8, 4) is 11.3 Å². The van der Waals surface area contributed by atoms with Crippen LogP contribution in [0.1, 0.15) is 49.0 Å². The molecule has 7 heteroatoms. The number of hydrogen-bond acceptors (Lipinski definition) is 4. The molecule has 3 heterocycles. The summed E-state index contributed by atoms with van der Waals surface area (Å²) in [4.78, 5) is 29.9. The van der Waals surface area contributed by atoms with Crippen LogP contribution in [-0.4, -0.2) is 70.1 Å². The molecule has 0 unspecified atom stereocenters. The van der Waals surface area contributed by atoms with Gasteiger partial charge in [-0.1, -0.05) is 30.3 Å². The summed E-state index contributed by atoms with van der Waals surface area (Å²) in [7, 11) is 0. The zero-order chi connectivity index (χ0) is 21.2. The second-order valence-corrected chi connectivity index (χ2v) is 9.17. The number of aromatic amines is 1. The van der Waals surface area contributed by atoms with Crippen molar-refractivity contribution in [2.75, 3.05) is 26.2 Å². The van der Waals surface area contributed by atoms with Crippen LogP contribution in [0.3, 0.4) is 0 Å². The summed E-state index contributed by atoms with van der Waals surface area (Å²) in [5, 5.41) is 10.4. The zero-order valence-corrected chi connectivity index (χ0v) is 17.9. The lowest BCUT2D eigenvalue weighted by molar-refractivity contribution is -0.127. The third-order valence-corrected chi connectivity index (χ3v) is 6.89. The van der Waals surface area contributed by atoms with Crippen molar-refractivity contribution in [3.63, 3.8) is 0 Å². The number of nitrogens with zero attached hydrogens (tertiary/aromatic N) is 3. The van der Waals surface area contributed by atoms with Gasteiger partial charge in [0.25, 0.3) is 5.91 Å². The number of aromatic nitrogens is 2. The van der Waals surface area contributed by atoms with Gasteiger partial charge in [0.1, 0.15) is 5.69 Å². The summed E-state index contributed by atoms with van der Waals surface area (Å²) >= 11 is 0. The molecular weight excluding hydrogens is 390 g/mol. The molecule has 5 rings (SSSR count). The van der Waals surface area contributed by atoms with Gasteiger partial charge in [0.2, 0.25) is 5.91 Å². The SMILES string of the molecule is O=C(NC1CC1)[C@@H]1CCCN(C2CCN(C(=O)c3cc(-c4ccccc4)n[nH]3)CC2)C1. The van der Waals surface area contributed by atoms with E-state index in [2.05, 4.69) is 20.4 Å². The van der Waals surface area contributed by atoms with Crippen LogP contribution >= 0.6 is 0 Å². The number of hydrogen-bond donors (Lipinski definition) is 2. The highest BCUT2D eigenvalue weighted by molar-refractivity contribution is 5.93. The zero-order valence-electron chi connectivity index (χ0n) is 17.9. The van der Waals surface area contributed by atoms with Crippen molar-refractivity contribution in [2.45, 2.75) is 50.6 Å². The number of amides is 2. The Balaban J connectivity index is 1.14. The summed E-state index contributed by atoms with van der Waals surface area (Å²) < 4.78 is 0. The molecule has 2 N–H and O–H groups in total. The molecule has 2 amide bonds. The van der Waals surface area contributed by atoms with Gasteiger partial charge in [-0.05, 0) is 51.1 Å². The van der Waals surface area contributed by atoms with E-state index >= 15 is 0 Å². The van der Waals surface area contributed by atoms with Crippen LogP contribution in [0.4, 0.5) is 0 Å². The lowest BCUT2D eigenvalue weighted by Gasteiger charge is -2.42. The Bertz CT molecular complexity index is 915. The van der Waals surface area contributed by atoms with Gasteiger partial charge in [-0.2, -0.15) is 5.10 Å². The minimum Gasteiger partial charge on any atom is -0.353 e. The van der Waals surface area contributed by atoms with Crippen molar-refractivity contribution in [3.05, 3.63) is 42.1 Å². The van der Waals surface area contributed by atoms with Gasteiger partial charge in [0.05, 0.1) is 11.6 Å². The van der Waals surface area contributed by atoms with E-state index in [1.54, 1.807) is 0 Å². The smallest absolute Gasteiger partial charge is 0.271 e. The fourth-order valence-corrected chi connectivity index (χ4v) is 4.89. The second-order valence-electron chi connectivity index (χ2n) is 9.17. The maximum absolute atomic E-state index is 13.0. The minimum absolute atomic E-state index is 0.0217. The summed E-state index contributed by atoms with van der Waals surface area (Å²) in [6.45, 7) is 3.42. The minimum atomic E-state index is 0.0217. The Labute approximate surface area is 183 Å². The predicted molar refractivity (Wildman–Crippen MR) is 118 cm³/mol. The van der Waals surface area contributed by atoms with Crippen molar-refractivity contribution in [2.24, 2.45) is 5.92 Å². The molecule has 2 aromatic rings. The first-order valence-electron chi connectivity index (χ1n) is 11.6. The molecule has 3 fully saturated rings. The van der Waals surface area contributed by atoms with Gasteiger partial charge in [0, 0.05) is 37.3 Å². The van der Waals surface area contributed by atoms with Crippen molar-refractivity contribution >= 4 is 11.8 Å². The maximum atomic E-state index is 13.0. The Hall–Kier alpha value is -2.67. The number of carbonyl (C=O) groups is 2. The summed E-state index contributed by atoms with van der Waals surface area (Å²) in [5.41, 5.74) is 2.34. The monoisotopic (exact) mass is 421 g/mol. The van der Waals surface area contributed by atoms with E-state index in [0.29, 0.717) is 17.8 Å². The van der Waals surface area contributed by atoms with E-state index in [1.807, 2.05) is 41.3 Å². The summed E-state index contributed by atoms with van der Waals surface area (Å²) in [5.74, 6) is 0.386. The fourth-order valence-electron chi connectivity index (χ4n) is 4.89. The van der Waals surface area contributed by atoms with Gasteiger partial charge in [-0.15, -0.1) is 0 Å². The molecule has 1 aliphatic carbocycles. The molecule has 0 spiro atoms. The molecule has 1 aromatic carbocycles. The van der Waals surface area contributed by atoms with Crippen molar-refractivity contribution in [1.82, 2.24) is 25.3 Å². The van der Waals surface area contributed by atoms with E-state index in [0.717, 1.165) is 76.0 Å². The van der Waals surface area contributed by atoms with Crippen molar-refractivity contribution in [1.29, 1.82) is 0 Å². The molecule has 2 aliphatic heterocycles. The van der Waals surface area contributed by atoms with E-state index in [9.17, 15) is 9.59 Å². The highest BCUT2D eigenvalue weighted by Gasteiger charge is 2.34. The molecule has 0 bridgehead atoms. The third kappa shape index (κ3) is 4.66. The highest BCUT2D eigenvalue weighted by atomic mass is 16.2. The van der Waals surface area contributed by atoms with Crippen LogP contribution in [0.5, 0.6) is 0 Å². The number of nitrogens with one attached hydrogen (secondary N) is 2. The first-order chi connectivity index (χ1) is 15.2. The molecule has 7 nitrogen and oxygen atoms in total. The van der Waals surface area contributed by atoms with Gasteiger partial charge in [0.15, 0.2) is 0 Å². The average Bonchev–Trinajstić information content (AvgIpc) is 3.50. The van der Waals surface area contributed by atoms with E-state index in [4.69, 9.17) is 0 Å². The first kappa shape index (κ1) is 20.2. The maximum Gasteiger partial charge on any atom is 0.271 e. The Morgan fingerprint density at radius 2 is 1.77 bits per heavy atom. The first-order valence-corrected chi connectivity index (χ1v) is 11.6. The van der Waals surface area contributed by atoms with Crippen LogP contribution in [0.2, 0.25) is 0 Å². The van der Waals surface area contributed by atoms with Crippen LogP contribution in [-0.2, 0) is 4.79 Å². The molecule has 1 saturated carbocycles. The average molecular weight is 422 g/mol. The number of piperidine rings is 2. The molecule has 3 aliphatic rings. The van der Waals surface area contributed by atoms with Crippen LogP contribution in [0.25, 0.3) is 11.3 Å².